The van der Waals surface area contributed by atoms with E-state index in [2.05, 4.69) is 11.8 Å². The Hall–Kier alpha value is -1.06. The van der Waals surface area contributed by atoms with Crippen LogP contribution in [0.1, 0.15) is 52.9 Å². The molecule has 0 atom stereocenters. The second-order valence-electron chi connectivity index (χ2n) is 6.98. The highest BCUT2D eigenvalue weighted by molar-refractivity contribution is 5.81. The van der Waals surface area contributed by atoms with Gasteiger partial charge in [0.2, 0.25) is 11.8 Å². The van der Waals surface area contributed by atoms with Crippen LogP contribution in [0.4, 0.5) is 0 Å². The van der Waals surface area contributed by atoms with Crippen LogP contribution in [0.5, 0.6) is 0 Å². The molecule has 4 nitrogen and oxygen atoms in total. The molecular formula is C17H30N2O2. The third-order valence-corrected chi connectivity index (χ3v) is 4.63. The molecule has 0 aromatic heterocycles. The molecular weight excluding hydrogens is 264 g/mol. The molecule has 0 unspecified atom stereocenters. The van der Waals surface area contributed by atoms with Crippen LogP contribution in [0.2, 0.25) is 0 Å². The molecule has 2 aliphatic rings. The molecule has 0 spiro atoms. The van der Waals surface area contributed by atoms with Gasteiger partial charge in [0.1, 0.15) is 0 Å². The molecule has 0 aromatic carbocycles. The van der Waals surface area contributed by atoms with Crippen molar-refractivity contribution in [1.82, 2.24) is 9.80 Å². The van der Waals surface area contributed by atoms with Crippen LogP contribution < -0.4 is 0 Å². The number of rotatable bonds is 6. The van der Waals surface area contributed by atoms with E-state index in [-0.39, 0.29) is 17.7 Å². The highest BCUT2D eigenvalue weighted by Gasteiger charge is 2.33. The molecule has 2 fully saturated rings. The van der Waals surface area contributed by atoms with Crippen LogP contribution in [0, 0.1) is 17.8 Å². The van der Waals surface area contributed by atoms with Gasteiger partial charge in [-0.1, -0.05) is 20.8 Å². The van der Waals surface area contributed by atoms with Gasteiger partial charge in [-0.05, 0) is 38.0 Å². The summed E-state index contributed by atoms with van der Waals surface area (Å²) in [5, 5.41) is 0. The quantitative estimate of drug-likeness (QED) is 0.755. The summed E-state index contributed by atoms with van der Waals surface area (Å²) in [5.74, 6) is 1.50. The fourth-order valence-electron chi connectivity index (χ4n) is 3.14. The largest absolute Gasteiger partial charge is 0.342 e. The molecule has 1 saturated heterocycles. The zero-order valence-corrected chi connectivity index (χ0v) is 13.8. The Morgan fingerprint density at radius 1 is 1.14 bits per heavy atom. The topological polar surface area (TPSA) is 40.6 Å². The lowest BCUT2D eigenvalue weighted by Gasteiger charge is -2.35. The van der Waals surface area contributed by atoms with E-state index >= 15 is 0 Å². The molecule has 120 valence electrons. The fraction of sp³-hybridized carbons (Fsp3) is 0.882. The zero-order chi connectivity index (χ0) is 15.4. The van der Waals surface area contributed by atoms with Crippen LogP contribution >= 0.6 is 0 Å². The number of nitrogens with zero attached hydrogens (tertiary/aromatic N) is 2. The first-order valence-electron chi connectivity index (χ1n) is 8.60. The molecule has 0 aromatic rings. The summed E-state index contributed by atoms with van der Waals surface area (Å²) in [7, 11) is 0. The second-order valence-corrected chi connectivity index (χ2v) is 6.98. The van der Waals surface area contributed by atoms with Crippen LogP contribution in [0.25, 0.3) is 0 Å². The lowest BCUT2D eigenvalue weighted by Crippen LogP contribution is -2.46. The van der Waals surface area contributed by atoms with Crippen LogP contribution in [-0.4, -0.2) is 47.8 Å². The van der Waals surface area contributed by atoms with Gasteiger partial charge >= 0.3 is 0 Å². The van der Waals surface area contributed by atoms with Gasteiger partial charge in [-0.2, -0.15) is 0 Å². The van der Waals surface area contributed by atoms with E-state index in [0.717, 1.165) is 51.4 Å². The Morgan fingerprint density at radius 2 is 1.76 bits per heavy atom. The summed E-state index contributed by atoms with van der Waals surface area (Å²) in [6.45, 7) is 9.36. The lowest BCUT2D eigenvalue weighted by molar-refractivity contribution is -0.142. The second kappa shape index (κ2) is 7.28. The summed E-state index contributed by atoms with van der Waals surface area (Å²) < 4.78 is 0. The Kier molecular flexibility index (Phi) is 5.65. The first kappa shape index (κ1) is 16.3. The molecule has 0 radical (unpaired) electrons. The van der Waals surface area contributed by atoms with E-state index in [4.69, 9.17) is 0 Å². The van der Waals surface area contributed by atoms with Crippen LogP contribution in [-0.2, 0) is 9.59 Å². The maximum absolute atomic E-state index is 12.7. The molecule has 0 bridgehead atoms. The van der Waals surface area contributed by atoms with Crippen molar-refractivity contribution in [2.75, 3.05) is 26.2 Å². The molecule has 4 heteroatoms. The molecule has 1 heterocycles. The van der Waals surface area contributed by atoms with Gasteiger partial charge in [-0.3, -0.25) is 9.59 Å². The van der Waals surface area contributed by atoms with Gasteiger partial charge in [-0.25, -0.2) is 0 Å². The predicted octanol–water partition coefficient (Wildman–Crippen LogP) is 2.53. The van der Waals surface area contributed by atoms with Crippen molar-refractivity contribution in [1.29, 1.82) is 0 Å². The maximum Gasteiger partial charge on any atom is 0.225 e. The Morgan fingerprint density at radius 3 is 2.24 bits per heavy atom. The average molecular weight is 294 g/mol. The molecule has 1 saturated carbocycles. The monoisotopic (exact) mass is 294 g/mol. The van der Waals surface area contributed by atoms with Crippen LogP contribution in [0.15, 0.2) is 0 Å². The minimum absolute atomic E-state index is 0.0590. The van der Waals surface area contributed by atoms with Crippen LogP contribution in [0.3, 0.4) is 0 Å². The van der Waals surface area contributed by atoms with E-state index in [1.54, 1.807) is 0 Å². The molecule has 1 aliphatic heterocycles. The summed E-state index contributed by atoms with van der Waals surface area (Å²) >= 11 is 0. The number of hydrogen-bond acceptors (Lipinski definition) is 2. The first-order chi connectivity index (χ1) is 10.0. The Bertz CT molecular complexity index is 369. The number of carbonyl (C=O) groups excluding carboxylic acids is 2. The van der Waals surface area contributed by atoms with Gasteiger partial charge in [0.25, 0.3) is 0 Å². The van der Waals surface area contributed by atoms with Crippen molar-refractivity contribution in [3.63, 3.8) is 0 Å². The number of piperidine rings is 1. The van der Waals surface area contributed by atoms with Crippen molar-refractivity contribution in [2.24, 2.45) is 17.8 Å². The Balaban J connectivity index is 1.84. The molecule has 2 rings (SSSR count). The number of hydrogen-bond donors (Lipinski definition) is 0. The number of amides is 2. The van der Waals surface area contributed by atoms with Crippen molar-refractivity contribution in [3.8, 4) is 0 Å². The normalized spacial score (nSPS) is 19.9. The molecule has 2 amide bonds. The molecule has 21 heavy (non-hydrogen) atoms. The summed E-state index contributed by atoms with van der Waals surface area (Å²) in [6, 6.07) is 0. The van der Waals surface area contributed by atoms with E-state index in [0.29, 0.717) is 5.91 Å². The van der Waals surface area contributed by atoms with Gasteiger partial charge in [0.05, 0.1) is 0 Å². The van der Waals surface area contributed by atoms with Crippen molar-refractivity contribution >= 4 is 11.8 Å². The SMILES string of the molecule is CCCN(CC1CC1)C(=O)C1CCN(C(=O)C(C)C)CC1. The fourth-order valence-corrected chi connectivity index (χ4v) is 3.14. The minimum Gasteiger partial charge on any atom is -0.342 e. The average Bonchev–Trinajstić information content (AvgIpc) is 3.29. The van der Waals surface area contributed by atoms with Gasteiger partial charge in [0.15, 0.2) is 0 Å². The van der Waals surface area contributed by atoms with E-state index in [1.807, 2.05) is 18.7 Å². The summed E-state index contributed by atoms with van der Waals surface area (Å²) in [6.07, 6.45) is 5.27. The van der Waals surface area contributed by atoms with Crippen molar-refractivity contribution in [3.05, 3.63) is 0 Å². The first-order valence-corrected chi connectivity index (χ1v) is 8.60. The van der Waals surface area contributed by atoms with Gasteiger partial charge < -0.3 is 9.80 Å². The van der Waals surface area contributed by atoms with Gasteiger partial charge in [-0.15, -0.1) is 0 Å². The predicted molar refractivity (Wildman–Crippen MR) is 83.7 cm³/mol. The van der Waals surface area contributed by atoms with E-state index in [9.17, 15) is 9.59 Å². The highest BCUT2D eigenvalue weighted by atomic mass is 16.2. The third kappa shape index (κ3) is 4.45. The molecule has 0 N–H and O–H groups in total. The highest BCUT2D eigenvalue weighted by Crippen LogP contribution is 2.31. The van der Waals surface area contributed by atoms with E-state index < -0.39 is 0 Å². The standard InChI is InChI=1S/C17H30N2O2/c1-4-9-19(12-14-5-6-14)17(21)15-7-10-18(11-8-15)16(20)13(2)3/h13-15H,4-12H2,1-3H3. The number of likely N-dealkylation sites (tertiary alicyclic amines) is 1. The zero-order valence-electron chi connectivity index (χ0n) is 13.8. The number of carbonyl (C=O) groups is 2. The summed E-state index contributed by atoms with van der Waals surface area (Å²) in [4.78, 5) is 28.7. The minimum atomic E-state index is 0.0590. The van der Waals surface area contributed by atoms with E-state index in [1.165, 1.54) is 12.8 Å². The smallest absolute Gasteiger partial charge is 0.225 e. The van der Waals surface area contributed by atoms with Gasteiger partial charge in [0, 0.05) is 38.0 Å². The lowest BCUT2D eigenvalue weighted by atomic mass is 9.94. The maximum atomic E-state index is 12.7. The summed E-state index contributed by atoms with van der Waals surface area (Å²) in [5.41, 5.74) is 0. The third-order valence-electron chi connectivity index (χ3n) is 4.63. The van der Waals surface area contributed by atoms with Crippen molar-refractivity contribution in [2.45, 2.75) is 52.9 Å². The molecule has 1 aliphatic carbocycles. The van der Waals surface area contributed by atoms with Crippen molar-refractivity contribution < 1.29 is 9.59 Å². The Labute approximate surface area is 128 Å².